The van der Waals surface area contributed by atoms with E-state index in [9.17, 15) is 0 Å². The van der Waals surface area contributed by atoms with Gasteiger partial charge in [-0.3, -0.25) is 0 Å². The van der Waals surface area contributed by atoms with Gasteiger partial charge in [0.2, 0.25) is 0 Å². The number of anilines is 3. The van der Waals surface area contributed by atoms with Crippen molar-refractivity contribution in [2.24, 2.45) is 5.41 Å². The second-order valence-corrected chi connectivity index (χ2v) is 30.3. The summed E-state index contributed by atoms with van der Waals surface area (Å²) in [5, 5.41) is 8.60. The Bertz CT molecular complexity index is 5620. The zero-order chi connectivity index (χ0) is 65.8. The Morgan fingerprint density at radius 3 is 1.42 bits per heavy atom. The van der Waals surface area contributed by atoms with E-state index in [2.05, 4.69) is 349 Å². The topological polar surface area (TPSA) is 22.3 Å². The number of hydrogen-bond donors (Lipinski definition) is 0. The molecule has 0 N–H and O–H groups in total. The van der Waals surface area contributed by atoms with E-state index in [4.69, 9.17) is 4.74 Å². The Hall–Kier alpha value is -10.9. The molecule has 0 saturated heterocycles. The highest BCUT2D eigenvalue weighted by molar-refractivity contribution is 6.99. The fraction of sp³-hybridized carbons (Fsp3) is 0.152. The van der Waals surface area contributed by atoms with Crippen LogP contribution in [0.15, 0.2) is 272 Å². The molecule has 3 aliphatic rings. The number of para-hydroxylation sites is 2. The van der Waals surface area contributed by atoms with Crippen LogP contribution in [-0.4, -0.2) is 15.8 Å². The maximum Gasteiger partial charge on any atom is 0.256 e. The SMILES string of the molecule is CC(C)(C)C1=Cc2c(n(-c3ccc4c(c3)Oc3cc(-n5c6ccccc6c6ccccc65)cc5c3B4c3ccc(-c4c6ccccc6c(-c6ccccc6)c6ccccc46)cc3N5c3c(-c4ccccc4)cc(C(C)(C)C)cc3-c3ccccc3)c3ccc(C(C)(C)C)cc23)CC1. The van der Waals surface area contributed by atoms with Crippen LogP contribution in [0.2, 0.25) is 0 Å². The van der Waals surface area contributed by atoms with Crippen molar-refractivity contribution in [3.05, 3.63) is 295 Å². The summed E-state index contributed by atoms with van der Waals surface area (Å²) in [6, 6.07) is 101. The number of fused-ring (bicyclic) bond motifs is 12. The zero-order valence-corrected chi connectivity index (χ0v) is 56.7. The number of benzene rings is 13. The number of aromatic nitrogens is 2. The van der Waals surface area contributed by atoms with E-state index in [1.807, 2.05) is 0 Å². The Morgan fingerprint density at radius 1 is 0.351 bits per heavy atom. The molecule has 0 amide bonds. The molecule has 18 rings (SSSR count). The number of ether oxygens (including phenoxy) is 1. The number of allylic oxidation sites excluding steroid dienone is 1. The van der Waals surface area contributed by atoms with E-state index >= 15 is 0 Å². The van der Waals surface area contributed by atoms with Crippen LogP contribution in [0.25, 0.3) is 116 Å². The summed E-state index contributed by atoms with van der Waals surface area (Å²) in [6.07, 6.45) is 4.49. The van der Waals surface area contributed by atoms with Crippen molar-refractivity contribution >= 4 is 100 Å². The Labute approximate surface area is 569 Å². The van der Waals surface area contributed by atoms with Crippen LogP contribution in [0.1, 0.15) is 91.1 Å². The summed E-state index contributed by atoms with van der Waals surface area (Å²) >= 11 is 0. The highest BCUT2D eigenvalue weighted by Crippen LogP contribution is 2.54. The minimum absolute atomic E-state index is 0.0122. The minimum atomic E-state index is -0.222. The molecule has 5 heteroatoms. The van der Waals surface area contributed by atoms with Crippen LogP contribution < -0.4 is 26.0 Å². The number of rotatable bonds is 7. The van der Waals surface area contributed by atoms with Crippen LogP contribution in [-0.2, 0) is 17.3 Å². The van der Waals surface area contributed by atoms with Crippen LogP contribution >= 0.6 is 0 Å². The zero-order valence-electron chi connectivity index (χ0n) is 56.7. The monoisotopic (exact) mass is 1250 g/mol. The summed E-state index contributed by atoms with van der Waals surface area (Å²) in [5.74, 6) is 1.71. The van der Waals surface area contributed by atoms with Crippen molar-refractivity contribution in [1.82, 2.24) is 9.13 Å². The predicted octanol–water partition coefficient (Wildman–Crippen LogP) is 23.1. The van der Waals surface area contributed by atoms with Gasteiger partial charge in [0.25, 0.3) is 6.71 Å². The minimum Gasteiger partial charge on any atom is -0.458 e. The molecular formula is C92H76BN3O. The maximum atomic E-state index is 7.87. The molecule has 97 heavy (non-hydrogen) atoms. The second kappa shape index (κ2) is 21.8. The van der Waals surface area contributed by atoms with Gasteiger partial charge < -0.3 is 18.8 Å². The molecule has 0 saturated carbocycles. The van der Waals surface area contributed by atoms with Crippen LogP contribution in [0.5, 0.6) is 11.5 Å². The summed E-state index contributed by atoms with van der Waals surface area (Å²) in [4.78, 5) is 2.66. The molecule has 0 fully saturated rings. The predicted molar refractivity (Wildman–Crippen MR) is 413 cm³/mol. The first-order valence-electron chi connectivity index (χ1n) is 34.6. The van der Waals surface area contributed by atoms with E-state index in [0.717, 1.165) is 103 Å². The van der Waals surface area contributed by atoms with E-state index in [1.165, 1.54) is 93.3 Å². The van der Waals surface area contributed by atoms with E-state index < -0.39 is 0 Å². The smallest absolute Gasteiger partial charge is 0.256 e. The Kier molecular flexibility index (Phi) is 13.2. The molecule has 0 bridgehead atoms. The largest absolute Gasteiger partial charge is 0.458 e. The third kappa shape index (κ3) is 9.33. The molecule has 0 atom stereocenters. The second-order valence-electron chi connectivity index (χ2n) is 30.3. The van der Waals surface area contributed by atoms with Gasteiger partial charge >= 0.3 is 0 Å². The number of hydrogen-bond acceptors (Lipinski definition) is 2. The van der Waals surface area contributed by atoms with Gasteiger partial charge in [0.05, 0.1) is 27.9 Å². The average Bonchev–Trinajstić information content (AvgIpc) is 0.816. The summed E-state index contributed by atoms with van der Waals surface area (Å²) in [7, 11) is 0. The lowest BCUT2D eigenvalue weighted by molar-refractivity contribution is 0.482. The summed E-state index contributed by atoms with van der Waals surface area (Å²) in [5.41, 5.74) is 28.5. The van der Waals surface area contributed by atoms with Gasteiger partial charge in [-0.2, -0.15) is 0 Å². The highest BCUT2D eigenvalue weighted by atomic mass is 16.5. The Balaban J connectivity index is 0.969. The highest BCUT2D eigenvalue weighted by Gasteiger charge is 2.44. The third-order valence-corrected chi connectivity index (χ3v) is 21.4. The van der Waals surface area contributed by atoms with Crippen molar-refractivity contribution in [2.45, 2.75) is 86.0 Å². The molecular weight excluding hydrogens is 1170 g/mol. The molecule has 4 nitrogen and oxygen atoms in total. The lowest BCUT2D eigenvalue weighted by atomic mass is 9.34. The first kappa shape index (κ1) is 58.7. The quantitative estimate of drug-likeness (QED) is 0.117. The standard InChI is InChI=1S/C92H76BN3O/c1-90(2,3)61-42-47-80-74(50-61)75-51-62(91(4,5)6)43-48-81(75)94(80)64-44-46-77-84(55-64)97-85-56-65(95-78-39-25-23-33-66(78)67-34-24-26-40-79(67)95)54-83-88(85)93(77)76-45-41-60(87-70-37-21-19-35-68(70)86(59-31-17-12-18-32-59)69-36-20-22-38-71(69)87)49-82(76)96(83)89-72(57-27-13-10-14-28-57)52-63(92(7,8)9)53-73(89)58-29-15-11-16-30-58/h10-42,44-47,49-56H,43,48H2,1-9H3. The van der Waals surface area contributed by atoms with Gasteiger partial charge in [-0.15, -0.1) is 0 Å². The molecule has 13 aromatic carbocycles. The average molecular weight is 1250 g/mol. The third-order valence-electron chi connectivity index (χ3n) is 21.4. The molecule has 1 aliphatic carbocycles. The molecule has 468 valence electrons. The van der Waals surface area contributed by atoms with Gasteiger partial charge in [-0.25, -0.2) is 0 Å². The van der Waals surface area contributed by atoms with E-state index in [1.54, 1.807) is 0 Å². The molecule has 0 unspecified atom stereocenters. The fourth-order valence-electron chi connectivity index (χ4n) is 16.5. The van der Waals surface area contributed by atoms with Gasteiger partial charge in [-0.05, 0) is 166 Å². The van der Waals surface area contributed by atoms with E-state index in [-0.39, 0.29) is 23.0 Å². The van der Waals surface area contributed by atoms with Gasteiger partial charge in [0, 0.05) is 67.7 Å². The number of nitrogens with zero attached hydrogens (tertiary/aromatic N) is 3. The van der Waals surface area contributed by atoms with Crippen molar-refractivity contribution in [3.63, 3.8) is 0 Å². The molecule has 0 spiro atoms. The van der Waals surface area contributed by atoms with Crippen LogP contribution in [0.4, 0.5) is 17.1 Å². The molecule has 2 aliphatic heterocycles. The lowest BCUT2D eigenvalue weighted by Gasteiger charge is -2.42. The van der Waals surface area contributed by atoms with Crippen molar-refractivity contribution in [2.75, 3.05) is 4.90 Å². The van der Waals surface area contributed by atoms with Crippen LogP contribution in [0.3, 0.4) is 0 Å². The molecule has 15 aromatic rings. The Morgan fingerprint density at radius 2 is 0.856 bits per heavy atom. The molecule has 0 radical (unpaired) electrons. The van der Waals surface area contributed by atoms with Crippen molar-refractivity contribution in [1.29, 1.82) is 0 Å². The first-order chi connectivity index (χ1) is 47.0. The lowest BCUT2D eigenvalue weighted by Crippen LogP contribution is -2.59. The first-order valence-corrected chi connectivity index (χ1v) is 34.6. The van der Waals surface area contributed by atoms with Crippen LogP contribution in [0, 0.1) is 5.41 Å². The summed E-state index contributed by atoms with van der Waals surface area (Å²) < 4.78 is 12.9. The van der Waals surface area contributed by atoms with Gasteiger partial charge in [-0.1, -0.05) is 274 Å². The van der Waals surface area contributed by atoms with Crippen molar-refractivity contribution < 1.29 is 4.74 Å². The van der Waals surface area contributed by atoms with Crippen molar-refractivity contribution in [3.8, 4) is 67.4 Å². The molecule has 4 heterocycles. The maximum absolute atomic E-state index is 7.87. The fourth-order valence-corrected chi connectivity index (χ4v) is 16.5. The molecule has 2 aromatic heterocycles. The van der Waals surface area contributed by atoms with Gasteiger partial charge in [0.15, 0.2) is 0 Å². The van der Waals surface area contributed by atoms with Gasteiger partial charge in [0.1, 0.15) is 11.5 Å². The van der Waals surface area contributed by atoms with E-state index in [0.29, 0.717) is 0 Å². The summed E-state index contributed by atoms with van der Waals surface area (Å²) in [6.45, 7) is 20.9. The normalized spacial score (nSPS) is 13.6.